The summed E-state index contributed by atoms with van der Waals surface area (Å²) in [7, 11) is 1.79. The molecule has 4 N–H and O–H groups in total. The second-order valence-electron chi connectivity index (χ2n) is 14.6. The van der Waals surface area contributed by atoms with Crippen molar-refractivity contribution >= 4 is 35.4 Å². The minimum atomic E-state index is -4.54. The van der Waals surface area contributed by atoms with Crippen LogP contribution in [0.4, 0.5) is 40.1 Å². The molecule has 2 aromatic carbocycles. The molecule has 1 saturated heterocycles. The number of nitrogens with one attached hydrogen (secondary N) is 2. The molecule has 4 amide bonds. The van der Waals surface area contributed by atoms with Crippen molar-refractivity contribution in [2.45, 2.75) is 52.4 Å². The van der Waals surface area contributed by atoms with E-state index in [2.05, 4.69) is 44.3 Å². The van der Waals surface area contributed by atoms with Crippen LogP contribution >= 0.6 is 0 Å². The van der Waals surface area contributed by atoms with E-state index in [9.17, 15) is 27.6 Å². The minimum Gasteiger partial charge on any atom is -0.443 e. The molecular formula is C40H44F3N9O4. The SMILES string of the molecule is CCN1CCN(Cc2cc(NC(=O)Nc3cccc(C#Cc4cnc(N)nc4-c4cc5c(n4C)CCN(C(=O)OC(C)(C)C)C5=O)c3)ccc2C(F)(F)F)CC1. The zero-order valence-corrected chi connectivity index (χ0v) is 31.9. The number of aromatic nitrogens is 3. The number of rotatable bonds is 6. The molecule has 16 heteroatoms. The highest BCUT2D eigenvalue weighted by molar-refractivity contribution is 6.05. The van der Waals surface area contributed by atoms with Crippen LogP contribution in [0.1, 0.15) is 66.0 Å². The molecule has 1 fully saturated rings. The van der Waals surface area contributed by atoms with Crippen LogP contribution in [0.5, 0.6) is 0 Å². The Morgan fingerprint density at radius 1 is 0.946 bits per heavy atom. The first-order valence-corrected chi connectivity index (χ1v) is 18.2. The van der Waals surface area contributed by atoms with E-state index in [0.717, 1.165) is 36.3 Å². The number of hydrogen-bond acceptors (Lipinski definition) is 9. The summed E-state index contributed by atoms with van der Waals surface area (Å²) in [6.07, 6.45) is -3.37. The molecule has 294 valence electrons. The summed E-state index contributed by atoms with van der Waals surface area (Å²) in [6.45, 7) is 11.3. The number of benzene rings is 2. The van der Waals surface area contributed by atoms with E-state index < -0.39 is 35.4 Å². The summed E-state index contributed by atoms with van der Waals surface area (Å²) < 4.78 is 49.0. The number of anilines is 3. The number of ether oxygens (including phenoxy) is 1. The van der Waals surface area contributed by atoms with E-state index in [4.69, 9.17) is 10.5 Å². The molecule has 4 heterocycles. The number of fused-ring (bicyclic) bond motifs is 1. The first-order chi connectivity index (χ1) is 26.5. The van der Waals surface area contributed by atoms with E-state index in [0.29, 0.717) is 53.3 Å². The van der Waals surface area contributed by atoms with Gasteiger partial charge in [0, 0.05) is 81.6 Å². The Balaban J connectivity index is 1.17. The van der Waals surface area contributed by atoms with Crippen molar-refractivity contribution in [3.05, 3.63) is 88.2 Å². The Hall–Kier alpha value is -5.92. The highest BCUT2D eigenvalue weighted by atomic mass is 19.4. The fourth-order valence-corrected chi connectivity index (χ4v) is 6.69. The van der Waals surface area contributed by atoms with Gasteiger partial charge in [0.1, 0.15) is 11.3 Å². The standard InChI is InChI=1S/C40H44F3N9O4/c1-6-50-16-18-51(19-17-50)24-27-21-29(12-13-31(27)40(41,42)43)47-37(54)46-28-9-7-8-25(20-28)10-11-26-23-45-36(44)48-34(26)33-22-30-32(49(33)5)14-15-52(35(30)53)38(55)56-39(2,3)4/h7-9,12-13,20-23H,6,14-19,24H2,1-5H3,(H2,44,45,48)(H2,46,47,54). The number of carbonyl (C=O) groups excluding carboxylic acids is 3. The highest BCUT2D eigenvalue weighted by Crippen LogP contribution is 2.35. The number of amides is 4. The summed E-state index contributed by atoms with van der Waals surface area (Å²) in [5.41, 5.74) is 8.13. The molecule has 6 rings (SSSR count). The first-order valence-electron chi connectivity index (χ1n) is 18.2. The van der Waals surface area contributed by atoms with Crippen molar-refractivity contribution < 1.29 is 32.3 Å². The molecule has 4 aromatic rings. The van der Waals surface area contributed by atoms with Crippen LogP contribution < -0.4 is 16.4 Å². The lowest BCUT2D eigenvalue weighted by Crippen LogP contribution is -2.45. The monoisotopic (exact) mass is 771 g/mol. The van der Waals surface area contributed by atoms with Gasteiger partial charge in [0.05, 0.1) is 22.4 Å². The maximum absolute atomic E-state index is 13.9. The molecule has 13 nitrogen and oxygen atoms in total. The van der Waals surface area contributed by atoms with Crippen molar-refractivity contribution in [2.75, 3.05) is 55.6 Å². The van der Waals surface area contributed by atoms with Crippen molar-refractivity contribution in [3.63, 3.8) is 0 Å². The fourth-order valence-electron chi connectivity index (χ4n) is 6.69. The summed E-state index contributed by atoms with van der Waals surface area (Å²) >= 11 is 0. The van der Waals surface area contributed by atoms with Crippen LogP contribution in [0.3, 0.4) is 0 Å². The van der Waals surface area contributed by atoms with Gasteiger partial charge in [0.2, 0.25) is 5.95 Å². The Morgan fingerprint density at radius 3 is 2.32 bits per heavy atom. The van der Waals surface area contributed by atoms with Crippen LogP contribution in [0.2, 0.25) is 0 Å². The molecule has 0 aliphatic carbocycles. The van der Waals surface area contributed by atoms with Gasteiger partial charge in [-0.05, 0) is 75.3 Å². The van der Waals surface area contributed by atoms with Gasteiger partial charge in [-0.3, -0.25) is 9.69 Å². The average molecular weight is 772 g/mol. The van der Waals surface area contributed by atoms with Crippen LogP contribution in [-0.4, -0.2) is 92.1 Å². The number of nitrogens with zero attached hydrogens (tertiary/aromatic N) is 6. The van der Waals surface area contributed by atoms with Gasteiger partial charge in [0.25, 0.3) is 5.91 Å². The molecule has 56 heavy (non-hydrogen) atoms. The van der Waals surface area contributed by atoms with Gasteiger partial charge in [-0.25, -0.2) is 24.5 Å². The Labute approximate surface area is 323 Å². The Morgan fingerprint density at radius 2 is 1.64 bits per heavy atom. The molecule has 0 radical (unpaired) electrons. The third-order valence-electron chi connectivity index (χ3n) is 9.51. The third-order valence-corrected chi connectivity index (χ3v) is 9.51. The van der Waals surface area contributed by atoms with Crippen molar-refractivity contribution in [2.24, 2.45) is 7.05 Å². The zero-order valence-electron chi connectivity index (χ0n) is 31.9. The van der Waals surface area contributed by atoms with Crippen LogP contribution in [-0.2, 0) is 30.9 Å². The van der Waals surface area contributed by atoms with E-state index in [1.807, 2.05) is 9.47 Å². The smallest absolute Gasteiger partial charge is 0.417 e. The predicted octanol–water partition coefficient (Wildman–Crippen LogP) is 6.20. The lowest BCUT2D eigenvalue weighted by atomic mass is 10.0. The van der Waals surface area contributed by atoms with Crippen molar-refractivity contribution in [1.29, 1.82) is 0 Å². The van der Waals surface area contributed by atoms with Gasteiger partial charge in [-0.15, -0.1) is 0 Å². The van der Waals surface area contributed by atoms with Crippen LogP contribution in [0, 0.1) is 11.8 Å². The quantitative estimate of drug-likeness (QED) is 0.195. The number of carbonyl (C=O) groups is 3. The largest absolute Gasteiger partial charge is 0.443 e. The van der Waals surface area contributed by atoms with Crippen LogP contribution in [0.25, 0.3) is 11.4 Å². The number of hydrogen-bond donors (Lipinski definition) is 3. The number of halogens is 3. The minimum absolute atomic E-state index is 0.00128. The number of imide groups is 1. The molecule has 2 aliphatic heterocycles. The molecule has 0 saturated carbocycles. The number of likely N-dealkylation sites (N-methyl/N-ethyl adjacent to an activating group) is 1. The number of nitrogen functional groups attached to an aromatic ring is 1. The number of piperazine rings is 1. The molecule has 2 aliphatic rings. The normalized spacial score (nSPS) is 15.1. The number of alkyl halides is 3. The summed E-state index contributed by atoms with van der Waals surface area (Å²) in [5.74, 6) is 5.65. The molecule has 0 unspecified atom stereocenters. The summed E-state index contributed by atoms with van der Waals surface area (Å²) in [5, 5.41) is 5.38. The van der Waals surface area contributed by atoms with Crippen molar-refractivity contribution in [1.82, 2.24) is 29.2 Å². The maximum Gasteiger partial charge on any atom is 0.417 e. The summed E-state index contributed by atoms with van der Waals surface area (Å²) in [4.78, 5) is 53.1. The Bertz CT molecular complexity index is 2210. The van der Waals surface area contributed by atoms with E-state index in [1.54, 1.807) is 58.2 Å². The van der Waals surface area contributed by atoms with Crippen molar-refractivity contribution in [3.8, 4) is 23.2 Å². The van der Waals surface area contributed by atoms with E-state index in [1.165, 1.54) is 18.3 Å². The zero-order chi connectivity index (χ0) is 40.4. The maximum atomic E-state index is 13.9. The Kier molecular flexibility index (Phi) is 11.4. The lowest BCUT2D eigenvalue weighted by Gasteiger charge is -2.34. The molecule has 0 atom stereocenters. The van der Waals surface area contributed by atoms with E-state index >= 15 is 0 Å². The molecular weight excluding hydrogens is 727 g/mol. The van der Waals surface area contributed by atoms with Gasteiger partial charge >= 0.3 is 18.3 Å². The topological polar surface area (TPSA) is 151 Å². The van der Waals surface area contributed by atoms with Crippen LogP contribution in [0.15, 0.2) is 54.7 Å². The molecule has 0 spiro atoms. The van der Waals surface area contributed by atoms with Gasteiger partial charge in [0.15, 0.2) is 0 Å². The highest BCUT2D eigenvalue weighted by Gasteiger charge is 2.36. The second-order valence-corrected chi connectivity index (χ2v) is 14.6. The third kappa shape index (κ3) is 9.29. The van der Waals surface area contributed by atoms with Gasteiger partial charge in [-0.1, -0.05) is 24.8 Å². The second kappa shape index (κ2) is 16.0. The number of nitrogens with two attached hydrogens (primary N) is 1. The molecule has 2 aromatic heterocycles. The van der Waals surface area contributed by atoms with Gasteiger partial charge in [-0.2, -0.15) is 13.2 Å². The first kappa shape index (κ1) is 39.8. The van der Waals surface area contributed by atoms with Gasteiger partial charge < -0.3 is 30.6 Å². The lowest BCUT2D eigenvalue weighted by molar-refractivity contribution is -0.138. The summed E-state index contributed by atoms with van der Waals surface area (Å²) in [6, 6.07) is 11.4. The average Bonchev–Trinajstić information content (AvgIpc) is 3.47. The fraction of sp³-hybridized carbons (Fsp3) is 0.375. The molecule has 0 bridgehead atoms. The number of urea groups is 1. The van der Waals surface area contributed by atoms with E-state index in [-0.39, 0.29) is 30.3 Å². The predicted molar refractivity (Wildman–Crippen MR) is 206 cm³/mol.